The lowest BCUT2D eigenvalue weighted by Crippen LogP contribution is -2.53. The molecule has 3 amide bonds. The quantitative estimate of drug-likeness (QED) is 0.333. The van der Waals surface area contributed by atoms with Gasteiger partial charge in [-0.2, -0.15) is 0 Å². The van der Waals surface area contributed by atoms with Crippen LogP contribution in [0, 0.1) is 11.3 Å². The van der Waals surface area contributed by atoms with Gasteiger partial charge in [0.1, 0.15) is 12.6 Å². The first-order valence-electron chi connectivity index (χ1n) is 14.0. The molecule has 2 unspecified atom stereocenters. The largest absolute Gasteiger partial charge is 0.481 e. The van der Waals surface area contributed by atoms with Crippen LogP contribution in [0.4, 0.5) is 5.69 Å². The number of carbonyl (C=O) groups excluding carboxylic acids is 3. The van der Waals surface area contributed by atoms with Crippen LogP contribution in [-0.2, 0) is 30.4 Å². The zero-order valence-electron chi connectivity index (χ0n) is 23.7. The van der Waals surface area contributed by atoms with Gasteiger partial charge in [-0.25, -0.2) is 0 Å². The molecule has 0 radical (unpaired) electrons. The van der Waals surface area contributed by atoms with Gasteiger partial charge >= 0.3 is 11.9 Å². The number of anilines is 1. The lowest BCUT2D eigenvalue weighted by molar-refractivity contribution is -0.148. The van der Waals surface area contributed by atoms with Crippen molar-refractivity contribution in [2.75, 3.05) is 45.7 Å². The maximum atomic E-state index is 13.8. The average Bonchev–Trinajstić information content (AvgIpc) is 3.34. The number of hydrogen-bond acceptors (Lipinski definition) is 6. The summed E-state index contributed by atoms with van der Waals surface area (Å²) in [7, 11) is 5.55. The SMILES string of the molecule is CN(C)CCCN(C)C(=O)CC(CC1(C(=O)NC2CCc3ccccc3N(CC(=O)O)C2=O)CCCC1)C(=O)O. The smallest absolute Gasteiger partial charge is 0.323 e. The van der Waals surface area contributed by atoms with Crippen LogP contribution < -0.4 is 10.2 Å². The Bertz CT molecular complexity index is 1100. The number of carboxylic acid groups (broad SMARTS) is 2. The topological polar surface area (TPSA) is 148 Å². The molecule has 1 heterocycles. The minimum Gasteiger partial charge on any atom is -0.481 e. The third kappa shape index (κ3) is 7.80. The number of fused-ring (bicyclic) bond motifs is 1. The van der Waals surface area contributed by atoms with E-state index >= 15 is 0 Å². The van der Waals surface area contributed by atoms with Crippen molar-refractivity contribution >= 4 is 35.3 Å². The summed E-state index contributed by atoms with van der Waals surface area (Å²) in [5, 5.41) is 22.3. The summed E-state index contributed by atoms with van der Waals surface area (Å²) >= 11 is 0. The Kier molecular flexibility index (Phi) is 10.7. The maximum Gasteiger partial charge on any atom is 0.323 e. The molecule has 3 rings (SSSR count). The van der Waals surface area contributed by atoms with E-state index in [0.29, 0.717) is 37.9 Å². The summed E-state index contributed by atoms with van der Waals surface area (Å²) in [6.45, 7) is 0.782. The molecule has 0 saturated heterocycles. The summed E-state index contributed by atoms with van der Waals surface area (Å²) in [6.07, 6.45) is 3.76. The number of carboxylic acids is 2. The Morgan fingerprint density at radius 2 is 1.75 bits per heavy atom. The summed E-state index contributed by atoms with van der Waals surface area (Å²) in [5.41, 5.74) is 0.328. The molecule has 1 aromatic carbocycles. The van der Waals surface area contributed by atoms with E-state index in [-0.39, 0.29) is 18.7 Å². The molecule has 0 aromatic heterocycles. The predicted octanol–water partition coefficient (Wildman–Crippen LogP) is 1.99. The van der Waals surface area contributed by atoms with Gasteiger partial charge in [-0.15, -0.1) is 0 Å². The molecule has 220 valence electrons. The lowest BCUT2D eigenvalue weighted by atomic mass is 9.75. The molecule has 1 fully saturated rings. The van der Waals surface area contributed by atoms with Crippen LogP contribution in [0.1, 0.15) is 56.9 Å². The predicted molar refractivity (Wildman–Crippen MR) is 149 cm³/mol. The highest BCUT2D eigenvalue weighted by molar-refractivity contribution is 6.03. The van der Waals surface area contributed by atoms with Crippen LogP contribution in [0.15, 0.2) is 24.3 Å². The van der Waals surface area contributed by atoms with Crippen molar-refractivity contribution in [1.82, 2.24) is 15.1 Å². The van der Waals surface area contributed by atoms with E-state index in [1.807, 2.05) is 31.1 Å². The van der Waals surface area contributed by atoms with Gasteiger partial charge in [-0.05, 0) is 70.8 Å². The monoisotopic (exact) mass is 558 g/mol. The van der Waals surface area contributed by atoms with Crippen molar-refractivity contribution in [2.24, 2.45) is 11.3 Å². The Morgan fingerprint density at radius 1 is 1.07 bits per heavy atom. The van der Waals surface area contributed by atoms with Crippen LogP contribution in [0.3, 0.4) is 0 Å². The van der Waals surface area contributed by atoms with Crippen molar-refractivity contribution < 1.29 is 34.2 Å². The summed E-state index contributed by atoms with van der Waals surface area (Å²) in [5.74, 6) is -4.50. The molecule has 11 nitrogen and oxygen atoms in total. The fraction of sp³-hybridized carbons (Fsp3) is 0.621. The number of nitrogens with one attached hydrogen (secondary N) is 1. The minimum atomic E-state index is -1.16. The van der Waals surface area contributed by atoms with Crippen LogP contribution >= 0.6 is 0 Å². The highest BCUT2D eigenvalue weighted by atomic mass is 16.4. The molecule has 40 heavy (non-hydrogen) atoms. The standard InChI is InChI=1S/C29H42N4O7/c1-31(2)15-8-16-32(3)24(34)17-21(27(38)39)18-29(13-6-7-14-29)28(40)30-22-12-11-20-9-4-5-10-23(20)33(26(22)37)19-25(35)36/h4-5,9-10,21-22H,6-8,11-19H2,1-3H3,(H,30,40)(H,35,36)(H,38,39). The summed E-state index contributed by atoms with van der Waals surface area (Å²) in [6, 6.07) is 6.16. The van der Waals surface area contributed by atoms with Crippen molar-refractivity contribution in [2.45, 2.75) is 63.8 Å². The van der Waals surface area contributed by atoms with E-state index in [4.69, 9.17) is 0 Å². The molecule has 1 aromatic rings. The van der Waals surface area contributed by atoms with E-state index in [1.54, 1.807) is 24.1 Å². The number of carbonyl (C=O) groups is 5. The molecule has 11 heteroatoms. The van der Waals surface area contributed by atoms with Gasteiger partial charge in [0.15, 0.2) is 0 Å². The Balaban J connectivity index is 1.74. The van der Waals surface area contributed by atoms with Gasteiger partial charge in [0.25, 0.3) is 0 Å². The number of amides is 3. The number of para-hydroxylation sites is 1. The van der Waals surface area contributed by atoms with E-state index in [2.05, 4.69) is 5.32 Å². The Hall–Kier alpha value is -3.47. The fourth-order valence-corrected chi connectivity index (χ4v) is 5.87. The number of hydrogen-bond donors (Lipinski definition) is 3. The number of nitrogens with zero attached hydrogens (tertiary/aromatic N) is 3. The van der Waals surface area contributed by atoms with Gasteiger partial charge < -0.3 is 25.3 Å². The van der Waals surface area contributed by atoms with Crippen LogP contribution in [0.2, 0.25) is 0 Å². The van der Waals surface area contributed by atoms with E-state index < -0.39 is 47.7 Å². The zero-order valence-corrected chi connectivity index (χ0v) is 23.7. The number of aryl methyl sites for hydroxylation is 1. The van der Waals surface area contributed by atoms with Gasteiger partial charge in [0.05, 0.1) is 11.3 Å². The van der Waals surface area contributed by atoms with Crippen molar-refractivity contribution in [1.29, 1.82) is 0 Å². The number of benzene rings is 1. The normalized spacial score (nSPS) is 19.1. The molecular weight excluding hydrogens is 516 g/mol. The minimum absolute atomic E-state index is 0.00538. The summed E-state index contributed by atoms with van der Waals surface area (Å²) in [4.78, 5) is 68.7. The van der Waals surface area contributed by atoms with Gasteiger partial charge in [0, 0.05) is 25.7 Å². The first-order valence-corrected chi connectivity index (χ1v) is 14.0. The second kappa shape index (κ2) is 13.7. The van der Waals surface area contributed by atoms with E-state index in [0.717, 1.165) is 31.4 Å². The van der Waals surface area contributed by atoms with Gasteiger partial charge in [-0.1, -0.05) is 31.0 Å². The van der Waals surface area contributed by atoms with Gasteiger partial charge in [-0.3, -0.25) is 28.9 Å². The highest BCUT2D eigenvalue weighted by Crippen LogP contribution is 2.44. The number of rotatable bonds is 13. The Morgan fingerprint density at radius 3 is 2.38 bits per heavy atom. The molecule has 2 atom stereocenters. The molecule has 0 bridgehead atoms. The van der Waals surface area contributed by atoms with Crippen LogP contribution in [0.25, 0.3) is 0 Å². The molecule has 1 saturated carbocycles. The molecule has 3 N–H and O–H groups in total. The third-order valence-corrected chi connectivity index (χ3v) is 8.12. The van der Waals surface area contributed by atoms with Crippen LogP contribution in [0.5, 0.6) is 0 Å². The molecule has 1 aliphatic carbocycles. The Labute approximate surface area is 235 Å². The molecular formula is C29H42N4O7. The van der Waals surface area contributed by atoms with E-state index in [9.17, 15) is 34.2 Å². The molecule has 1 aliphatic heterocycles. The summed E-state index contributed by atoms with van der Waals surface area (Å²) < 4.78 is 0. The van der Waals surface area contributed by atoms with Crippen molar-refractivity contribution in [3.8, 4) is 0 Å². The second-order valence-electron chi connectivity index (χ2n) is 11.4. The zero-order chi connectivity index (χ0) is 29.4. The highest BCUT2D eigenvalue weighted by Gasteiger charge is 2.46. The average molecular weight is 559 g/mol. The van der Waals surface area contributed by atoms with Crippen LogP contribution in [-0.4, -0.2) is 96.5 Å². The fourth-order valence-electron chi connectivity index (χ4n) is 5.87. The number of aliphatic carboxylic acids is 2. The second-order valence-corrected chi connectivity index (χ2v) is 11.4. The van der Waals surface area contributed by atoms with Gasteiger partial charge in [0.2, 0.25) is 17.7 Å². The lowest BCUT2D eigenvalue weighted by Gasteiger charge is -2.33. The first-order chi connectivity index (χ1) is 18.9. The third-order valence-electron chi connectivity index (χ3n) is 8.12. The first kappa shape index (κ1) is 31.1. The molecule has 2 aliphatic rings. The van der Waals surface area contributed by atoms with Crippen molar-refractivity contribution in [3.63, 3.8) is 0 Å². The van der Waals surface area contributed by atoms with E-state index in [1.165, 1.54) is 4.90 Å². The van der Waals surface area contributed by atoms with Crippen molar-refractivity contribution in [3.05, 3.63) is 29.8 Å². The maximum absolute atomic E-state index is 13.8. The molecule has 0 spiro atoms.